The van der Waals surface area contributed by atoms with E-state index in [2.05, 4.69) is 10.0 Å². The van der Waals surface area contributed by atoms with E-state index < -0.39 is 27.1 Å². The number of carbonyl (C=O) groups is 3. The quantitative estimate of drug-likeness (QED) is 0.408. The van der Waals surface area contributed by atoms with Gasteiger partial charge in [0.1, 0.15) is 0 Å². The fourth-order valence-corrected chi connectivity index (χ4v) is 4.37. The zero-order valence-corrected chi connectivity index (χ0v) is 20.2. The number of fused-ring (bicyclic) bond motifs is 1. The lowest BCUT2D eigenvalue weighted by molar-refractivity contribution is -0.116. The molecule has 0 fully saturated rings. The van der Waals surface area contributed by atoms with Crippen molar-refractivity contribution < 1.29 is 22.8 Å². The highest BCUT2D eigenvalue weighted by molar-refractivity contribution is 7.90. The van der Waals surface area contributed by atoms with Crippen molar-refractivity contribution in [2.45, 2.75) is 45.3 Å². The van der Waals surface area contributed by atoms with Crippen molar-refractivity contribution in [3.63, 3.8) is 0 Å². The number of rotatable bonds is 9. The number of benzene rings is 2. The molecule has 1 aliphatic rings. The third-order valence-corrected chi connectivity index (χ3v) is 7.41. The molecule has 8 nitrogen and oxygen atoms in total. The summed E-state index contributed by atoms with van der Waals surface area (Å²) < 4.78 is 25.9. The van der Waals surface area contributed by atoms with Crippen LogP contribution in [0, 0.1) is 6.92 Å². The lowest BCUT2D eigenvalue weighted by Gasteiger charge is -2.17. The minimum atomic E-state index is -3.30. The molecule has 0 aliphatic carbocycles. The van der Waals surface area contributed by atoms with Gasteiger partial charge in [0.25, 0.3) is 11.8 Å². The van der Waals surface area contributed by atoms with Crippen LogP contribution >= 0.6 is 11.6 Å². The SMILES string of the molecule is Cc1cc(NC(=O)CCCCNS(=O)(=O)C(C)C)ccc1N1C(=O)c2ccc(Cl)cc2C1=O. The minimum Gasteiger partial charge on any atom is -0.326 e. The van der Waals surface area contributed by atoms with Gasteiger partial charge in [-0.1, -0.05) is 11.6 Å². The molecule has 0 unspecified atom stereocenters. The Morgan fingerprint density at radius 1 is 1.03 bits per heavy atom. The number of aryl methyl sites for hydroxylation is 1. The summed E-state index contributed by atoms with van der Waals surface area (Å²) in [6, 6.07) is 9.53. The van der Waals surface area contributed by atoms with Gasteiger partial charge in [-0.05, 0) is 75.6 Å². The highest BCUT2D eigenvalue weighted by Gasteiger charge is 2.37. The fraction of sp³-hybridized carbons (Fsp3) is 0.348. The average molecular weight is 492 g/mol. The smallest absolute Gasteiger partial charge is 0.266 e. The Bertz CT molecular complexity index is 1210. The van der Waals surface area contributed by atoms with Crippen LogP contribution in [0.4, 0.5) is 11.4 Å². The molecule has 0 atom stereocenters. The highest BCUT2D eigenvalue weighted by Crippen LogP contribution is 2.33. The summed E-state index contributed by atoms with van der Waals surface area (Å²) in [5.74, 6) is -1.06. The standard InChI is InChI=1S/C23H26ClN3O5S/c1-14(2)33(31,32)25-11-5-4-6-21(28)26-17-8-10-20(15(3)12-17)27-22(29)18-9-7-16(24)13-19(18)23(27)30/h7-10,12-14,25H,4-6,11H2,1-3H3,(H,26,28). The number of amides is 3. The molecule has 0 bridgehead atoms. The van der Waals surface area contributed by atoms with Crippen molar-refractivity contribution in [2.24, 2.45) is 0 Å². The van der Waals surface area contributed by atoms with Crippen LogP contribution in [0.3, 0.4) is 0 Å². The van der Waals surface area contributed by atoms with Crippen LogP contribution in [0.2, 0.25) is 5.02 Å². The van der Waals surface area contributed by atoms with Gasteiger partial charge in [0.2, 0.25) is 15.9 Å². The summed E-state index contributed by atoms with van der Waals surface area (Å²) >= 11 is 5.96. The molecule has 0 aromatic heterocycles. The van der Waals surface area contributed by atoms with Crippen LogP contribution in [0.25, 0.3) is 0 Å². The lowest BCUT2D eigenvalue weighted by Crippen LogP contribution is -2.31. The molecule has 1 heterocycles. The number of halogens is 1. The molecule has 3 rings (SSSR count). The topological polar surface area (TPSA) is 113 Å². The molecule has 33 heavy (non-hydrogen) atoms. The monoisotopic (exact) mass is 491 g/mol. The number of carbonyl (C=O) groups excluding carboxylic acids is 3. The predicted octanol–water partition coefficient (Wildman–Crippen LogP) is 3.89. The maximum Gasteiger partial charge on any atom is 0.266 e. The van der Waals surface area contributed by atoms with E-state index in [-0.39, 0.29) is 24.4 Å². The van der Waals surface area contributed by atoms with Gasteiger partial charge < -0.3 is 5.32 Å². The van der Waals surface area contributed by atoms with Gasteiger partial charge in [-0.15, -0.1) is 0 Å². The molecular weight excluding hydrogens is 466 g/mol. The average Bonchev–Trinajstić information content (AvgIpc) is 2.97. The number of anilines is 2. The van der Waals surface area contributed by atoms with Gasteiger partial charge in [0.05, 0.1) is 22.1 Å². The molecule has 0 radical (unpaired) electrons. The molecule has 0 spiro atoms. The molecule has 2 aromatic carbocycles. The second-order valence-electron chi connectivity index (χ2n) is 8.13. The van der Waals surface area contributed by atoms with E-state index in [0.29, 0.717) is 40.4 Å². The first-order valence-electron chi connectivity index (χ1n) is 10.6. The normalized spacial score (nSPS) is 13.5. The summed E-state index contributed by atoms with van der Waals surface area (Å²) in [6.07, 6.45) is 1.31. The van der Waals surface area contributed by atoms with Crippen molar-refractivity contribution in [3.05, 3.63) is 58.1 Å². The van der Waals surface area contributed by atoms with Gasteiger partial charge in [-0.2, -0.15) is 0 Å². The first-order chi connectivity index (χ1) is 15.5. The van der Waals surface area contributed by atoms with Gasteiger partial charge >= 0.3 is 0 Å². The van der Waals surface area contributed by atoms with Gasteiger partial charge in [-0.3, -0.25) is 14.4 Å². The van der Waals surface area contributed by atoms with Gasteiger partial charge in [0, 0.05) is 23.7 Å². The summed E-state index contributed by atoms with van der Waals surface area (Å²) in [5.41, 5.74) is 2.20. The Hall–Kier alpha value is -2.75. The summed E-state index contributed by atoms with van der Waals surface area (Å²) in [7, 11) is -3.30. The van der Waals surface area contributed by atoms with Crippen molar-refractivity contribution in [1.82, 2.24) is 4.72 Å². The van der Waals surface area contributed by atoms with Gasteiger partial charge in [0.15, 0.2) is 0 Å². The van der Waals surface area contributed by atoms with E-state index in [1.165, 1.54) is 12.1 Å². The Balaban J connectivity index is 1.57. The van der Waals surface area contributed by atoms with Crippen LogP contribution in [-0.2, 0) is 14.8 Å². The van der Waals surface area contributed by atoms with E-state index in [4.69, 9.17) is 11.6 Å². The van der Waals surface area contributed by atoms with Crippen molar-refractivity contribution in [2.75, 3.05) is 16.8 Å². The Labute approximate surface area is 198 Å². The highest BCUT2D eigenvalue weighted by atomic mass is 35.5. The second-order valence-corrected chi connectivity index (χ2v) is 10.9. The maximum atomic E-state index is 12.8. The maximum absolute atomic E-state index is 12.8. The Morgan fingerprint density at radius 3 is 2.39 bits per heavy atom. The van der Waals surface area contributed by atoms with Crippen molar-refractivity contribution >= 4 is 50.7 Å². The Kier molecular flexibility index (Phi) is 7.56. The van der Waals surface area contributed by atoms with E-state index in [1.54, 1.807) is 45.0 Å². The van der Waals surface area contributed by atoms with E-state index in [9.17, 15) is 22.8 Å². The molecule has 0 saturated heterocycles. The number of hydrogen-bond acceptors (Lipinski definition) is 5. The number of nitrogens with one attached hydrogen (secondary N) is 2. The Morgan fingerprint density at radius 2 is 1.73 bits per heavy atom. The van der Waals surface area contributed by atoms with Crippen LogP contribution in [-0.4, -0.2) is 37.9 Å². The summed E-state index contributed by atoms with van der Waals surface area (Å²) in [6.45, 7) is 5.25. The van der Waals surface area contributed by atoms with Crippen LogP contribution < -0.4 is 14.9 Å². The number of nitrogens with zero attached hydrogens (tertiary/aromatic N) is 1. The summed E-state index contributed by atoms with van der Waals surface area (Å²) in [5, 5.41) is 2.67. The third-order valence-electron chi connectivity index (χ3n) is 5.32. The first kappa shape index (κ1) is 24.9. The number of sulfonamides is 1. The molecule has 10 heteroatoms. The minimum absolute atomic E-state index is 0.204. The van der Waals surface area contributed by atoms with Crippen molar-refractivity contribution in [1.29, 1.82) is 0 Å². The zero-order valence-electron chi connectivity index (χ0n) is 18.6. The molecule has 0 saturated carbocycles. The van der Waals surface area contributed by atoms with Crippen molar-refractivity contribution in [3.8, 4) is 0 Å². The molecule has 176 valence electrons. The number of unbranched alkanes of at least 4 members (excludes halogenated alkanes) is 1. The summed E-state index contributed by atoms with van der Waals surface area (Å²) in [4.78, 5) is 38.9. The van der Waals surface area contributed by atoms with Crippen LogP contribution in [0.15, 0.2) is 36.4 Å². The number of hydrogen-bond donors (Lipinski definition) is 2. The fourth-order valence-electron chi connectivity index (χ4n) is 3.43. The van der Waals surface area contributed by atoms with Crippen LogP contribution in [0.5, 0.6) is 0 Å². The third kappa shape index (κ3) is 5.61. The molecule has 1 aliphatic heterocycles. The number of imide groups is 1. The molecule has 2 N–H and O–H groups in total. The molecule has 2 aromatic rings. The van der Waals surface area contributed by atoms with Gasteiger partial charge in [-0.25, -0.2) is 18.0 Å². The first-order valence-corrected chi connectivity index (χ1v) is 12.5. The largest absolute Gasteiger partial charge is 0.326 e. The lowest BCUT2D eigenvalue weighted by atomic mass is 10.1. The van der Waals surface area contributed by atoms with Crippen LogP contribution in [0.1, 0.15) is 59.4 Å². The van der Waals surface area contributed by atoms with E-state index in [1.807, 2.05) is 0 Å². The molecular formula is C23H26ClN3O5S. The predicted molar refractivity (Wildman–Crippen MR) is 128 cm³/mol. The van der Waals surface area contributed by atoms with E-state index >= 15 is 0 Å². The zero-order chi connectivity index (χ0) is 24.3. The van der Waals surface area contributed by atoms with E-state index in [0.717, 1.165) is 4.90 Å². The second kappa shape index (κ2) is 10.0. The molecule has 3 amide bonds.